The molecule has 1 unspecified atom stereocenters. The second-order valence-electron chi connectivity index (χ2n) is 6.54. The number of hydrogen-bond donors (Lipinski definition) is 0. The summed E-state index contributed by atoms with van der Waals surface area (Å²) in [5.41, 5.74) is 1.22. The smallest absolute Gasteiger partial charge is 0.375 e. The molecule has 0 aliphatic rings. The van der Waals surface area contributed by atoms with Gasteiger partial charge in [-0.2, -0.15) is 0 Å². The standard InChI is InChI=1S/C22H19F2NO4/c1-14(21(26)25(2)13-15-4-3-5-18(24)12-15)28-22(27)20-11-10-19(29-20)16-6-8-17(23)9-7-16/h3-12,14H,13H2,1-2H3. The summed E-state index contributed by atoms with van der Waals surface area (Å²) in [6.45, 7) is 1.63. The molecule has 0 N–H and O–H groups in total. The van der Waals surface area contributed by atoms with Crippen molar-refractivity contribution in [1.82, 2.24) is 4.90 Å². The number of rotatable bonds is 6. The summed E-state index contributed by atoms with van der Waals surface area (Å²) >= 11 is 0. The number of nitrogens with zero attached hydrogens (tertiary/aromatic N) is 1. The minimum absolute atomic E-state index is 0.0724. The van der Waals surface area contributed by atoms with Gasteiger partial charge in [0.15, 0.2) is 6.10 Å². The van der Waals surface area contributed by atoms with Crippen LogP contribution in [0.4, 0.5) is 8.78 Å². The molecule has 7 heteroatoms. The Morgan fingerprint density at radius 2 is 1.76 bits per heavy atom. The van der Waals surface area contributed by atoms with Crippen LogP contribution in [0.1, 0.15) is 23.0 Å². The number of likely N-dealkylation sites (N-methyl/N-ethyl adjacent to an activating group) is 1. The predicted molar refractivity (Wildman–Crippen MR) is 102 cm³/mol. The molecule has 0 fully saturated rings. The predicted octanol–water partition coefficient (Wildman–Crippen LogP) is 4.43. The van der Waals surface area contributed by atoms with Crippen LogP contribution in [0.15, 0.2) is 65.1 Å². The molecule has 3 aromatic rings. The molecule has 0 aliphatic carbocycles. The summed E-state index contributed by atoms with van der Waals surface area (Å²) in [6, 6.07) is 14.5. The van der Waals surface area contributed by atoms with Gasteiger partial charge in [-0.05, 0) is 61.0 Å². The molecule has 5 nitrogen and oxygen atoms in total. The lowest BCUT2D eigenvalue weighted by molar-refractivity contribution is -0.139. The molecule has 0 spiro atoms. The molecule has 1 aromatic heterocycles. The number of esters is 1. The van der Waals surface area contributed by atoms with E-state index >= 15 is 0 Å². The third-order valence-corrected chi connectivity index (χ3v) is 4.25. The topological polar surface area (TPSA) is 59.8 Å². The van der Waals surface area contributed by atoms with Crippen LogP contribution in [-0.4, -0.2) is 29.9 Å². The van der Waals surface area contributed by atoms with E-state index in [1.54, 1.807) is 18.2 Å². The SMILES string of the molecule is CC(OC(=O)c1ccc(-c2ccc(F)cc2)o1)C(=O)N(C)Cc1cccc(F)c1. The Bertz CT molecular complexity index is 1010. The highest BCUT2D eigenvalue weighted by atomic mass is 19.1. The van der Waals surface area contributed by atoms with Crippen LogP contribution in [0.2, 0.25) is 0 Å². The lowest BCUT2D eigenvalue weighted by Gasteiger charge is -2.21. The van der Waals surface area contributed by atoms with E-state index in [4.69, 9.17) is 9.15 Å². The van der Waals surface area contributed by atoms with Crippen LogP contribution in [0.25, 0.3) is 11.3 Å². The Balaban J connectivity index is 1.61. The largest absolute Gasteiger partial charge is 0.449 e. The molecule has 1 atom stereocenters. The van der Waals surface area contributed by atoms with Crippen LogP contribution in [0.3, 0.4) is 0 Å². The summed E-state index contributed by atoms with van der Waals surface area (Å²) in [6.07, 6.45) is -1.06. The zero-order valence-corrected chi connectivity index (χ0v) is 15.9. The van der Waals surface area contributed by atoms with Crippen molar-refractivity contribution in [3.05, 3.63) is 83.6 Å². The van der Waals surface area contributed by atoms with E-state index in [1.807, 2.05) is 0 Å². The minimum Gasteiger partial charge on any atom is -0.449 e. The fraction of sp³-hybridized carbons (Fsp3) is 0.182. The quantitative estimate of drug-likeness (QED) is 0.576. The molecule has 1 heterocycles. The third kappa shape index (κ3) is 5.07. The van der Waals surface area contributed by atoms with E-state index < -0.39 is 23.8 Å². The van der Waals surface area contributed by atoms with E-state index in [0.717, 1.165) is 0 Å². The van der Waals surface area contributed by atoms with Crippen molar-refractivity contribution in [3.63, 3.8) is 0 Å². The highest BCUT2D eigenvalue weighted by molar-refractivity contribution is 5.90. The first kappa shape index (κ1) is 20.3. The number of carbonyl (C=O) groups is 2. The van der Waals surface area contributed by atoms with E-state index in [0.29, 0.717) is 16.9 Å². The molecule has 3 rings (SSSR count). The monoisotopic (exact) mass is 399 g/mol. The number of hydrogen-bond acceptors (Lipinski definition) is 4. The summed E-state index contributed by atoms with van der Waals surface area (Å²) < 4.78 is 36.9. The summed E-state index contributed by atoms with van der Waals surface area (Å²) in [4.78, 5) is 26.1. The first-order valence-corrected chi connectivity index (χ1v) is 8.89. The van der Waals surface area contributed by atoms with Crippen LogP contribution in [-0.2, 0) is 16.1 Å². The fourth-order valence-electron chi connectivity index (χ4n) is 2.78. The Morgan fingerprint density at radius 1 is 1.03 bits per heavy atom. The molecule has 2 aromatic carbocycles. The summed E-state index contributed by atoms with van der Waals surface area (Å²) in [7, 11) is 1.54. The zero-order valence-electron chi connectivity index (χ0n) is 15.9. The van der Waals surface area contributed by atoms with Gasteiger partial charge in [0.2, 0.25) is 5.76 Å². The highest BCUT2D eigenvalue weighted by Crippen LogP contribution is 2.23. The number of benzene rings is 2. The number of amides is 1. The summed E-state index contributed by atoms with van der Waals surface area (Å²) in [5.74, 6) is -1.70. The average Bonchev–Trinajstić information content (AvgIpc) is 3.18. The van der Waals surface area contributed by atoms with Crippen molar-refractivity contribution in [3.8, 4) is 11.3 Å². The summed E-state index contributed by atoms with van der Waals surface area (Å²) in [5, 5.41) is 0. The molecule has 0 saturated heterocycles. The third-order valence-electron chi connectivity index (χ3n) is 4.25. The Morgan fingerprint density at radius 3 is 2.45 bits per heavy atom. The van der Waals surface area contributed by atoms with E-state index in [-0.39, 0.29) is 18.1 Å². The average molecular weight is 399 g/mol. The number of ether oxygens (including phenoxy) is 1. The van der Waals surface area contributed by atoms with Gasteiger partial charge < -0.3 is 14.1 Å². The van der Waals surface area contributed by atoms with Crippen LogP contribution in [0, 0.1) is 11.6 Å². The maximum Gasteiger partial charge on any atom is 0.375 e. The van der Waals surface area contributed by atoms with Crippen molar-refractivity contribution < 1.29 is 27.5 Å². The molecule has 29 heavy (non-hydrogen) atoms. The second kappa shape index (κ2) is 8.68. The van der Waals surface area contributed by atoms with Gasteiger partial charge in [0.25, 0.3) is 5.91 Å². The highest BCUT2D eigenvalue weighted by Gasteiger charge is 2.24. The van der Waals surface area contributed by atoms with E-state index in [1.165, 1.54) is 61.3 Å². The lowest BCUT2D eigenvalue weighted by Crippen LogP contribution is -2.37. The van der Waals surface area contributed by atoms with Crippen molar-refractivity contribution in [2.45, 2.75) is 19.6 Å². The normalized spacial score (nSPS) is 11.7. The second-order valence-corrected chi connectivity index (χ2v) is 6.54. The van der Waals surface area contributed by atoms with Gasteiger partial charge in [0.05, 0.1) is 0 Å². The van der Waals surface area contributed by atoms with Gasteiger partial charge in [0.1, 0.15) is 17.4 Å². The molecular weight excluding hydrogens is 380 g/mol. The van der Waals surface area contributed by atoms with Crippen molar-refractivity contribution >= 4 is 11.9 Å². The maximum absolute atomic E-state index is 13.3. The van der Waals surface area contributed by atoms with Gasteiger partial charge in [0, 0.05) is 19.2 Å². The molecule has 150 valence electrons. The molecule has 1 amide bonds. The van der Waals surface area contributed by atoms with Gasteiger partial charge in [-0.3, -0.25) is 4.79 Å². The molecule has 0 saturated carbocycles. The Kier molecular flexibility index (Phi) is 6.07. The number of carbonyl (C=O) groups excluding carboxylic acids is 2. The zero-order chi connectivity index (χ0) is 21.0. The van der Waals surface area contributed by atoms with Crippen LogP contribution >= 0.6 is 0 Å². The maximum atomic E-state index is 13.3. The lowest BCUT2D eigenvalue weighted by atomic mass is 10.2. The van der Waals surface area contributed by atoms with Crippen LogP contribution in [0.5, 0.6) is 0 Å². The van der Waals surface area contributed by atoms with E-state index in [9.17, 15) is 18.4 Å². The number of furan rings is 1. The van der Waals surface area contributed by atoms with Crippen molar-refractivity contribution in [1.29, 1.82) is 0 Å². The van der Waals surface area contributed by atoms with Crippen molar-refractivity contribution in [2.24, 2.45) is 0 Å². The minimum atomic E-state index is -1.06. The van der Waals surface area contributed by atoms with Gasteiger partial charge in [-0.15, -0.1) is 0 Å². The number of halogens is 2. The molecule has 0 aliphatic heterocycles. The Labute approximate surface area is 166 Å². The van der Waals surface area contributed by atoms with E-state index in [2.05, 4.69) is 0 Å². The van der Waals surface area contributed by atoms with Crippen LogP contribution < -0.4 is 0 Å². The van der Waals surface area contributed by atoms with Gasteiger partial charge in [-0.1, -0.05) is 12.1 Å². The first-order chi connectivity index (χ1) is 13.8. The first-order valence-electron chi connectivity index (χ1n) is 8.89. The molecule has 0 bridgehead atoms. The molecule has 0 radical (unpaired) electrons. The van der Waals surface area contributed by atoms with Gasteiger partial charge in [-0.25, -0.2) is 13.6 Å². The van der Waals surface area contributed by atoms with Gasteiger partial charge >= 0.3 is 5.97 Å². The fourth-order valence-corrected chi connectivity index (χ4v) is 2.78. The Hall–Kier alpha value is -3.48. The van der Waals surface area contributed by atoms with Crippen molar-refractivity contribution in [2.75, 3.05) is 7.05 Å². The molecular formula is C22H19F2NO4.